The summed E-state index contributed by atoms with van der Waals surface area (Å²) in [6.07, 6.45) is 11.1. The average Bonchev–Trinajstić information content (AvgIpc) is 2.49. The van der Waals surface area contributed by atoms with E-state index < -0.39 is 6.10 Å². The Kier molecular flexibility index (Phi) is 14.4. The Hall–Kier alpha value is -0.900. The molecule has 4 heteroatoms. The molecule has 0 amide bonds. The molecule has 1 atom stereocenters. The number of hydrogen-bond donors (Lipinski definition) is 1. The number of aliphatic hydroxyl groups excluding tert-OH is 1. The summed E-state index contributed by atoms with van der Waals surface area (Å²) >= 11 is 0. The summed E-state index contributed by atoms with van der Waals surface area (Å²) in [7, 11) is 1.42. The molecule has 130 valence electrons. The number of Topliss-reactive ketones (excluding diaryl/α,β-unsaturated/α-hetero) is 1. The van der Waals surface area contributed by atoms with Crippen LogP contribution in [0, 0.1) is 0 Å². The molecule has 0 aromatic rings. The number of carbonyl (C=O) groups is 2. The third kappa shape index (κ3) is 14.1. The minimum atomic E-state index is -0.464. The number of aliphatic hydroxyl groups is 1. The number of rotatable bonds is 15. The topological polar surface area (TPSA) is 63.6 Å². The zero-order chi connectivity index (χ0) is 16.6. The first-order valence-electron chi connectivity index (χ1n) is 8.86. The van der Waals surface area contributed by atoms with Crippen molar-refractivity contribution in [3.63, 3.8) is 0 Å². The van der Waals surface area contributed by atoms with E-state index in [4.69, 9.17) is 0 Å². The van der Waals surface area contributed by atoms with Crippen molar-refractivity contribution in [1.29, 1.82) is 0 Å². The second kappa shape index (κ2) is 15.0. The summed E-state index contributed by atoms with van der Waals surface area (Å²) in [6, 6.07) is 0. The van der Waals surface area contributed by atoms with E-state index in [-0.39, 0.29) is 11.8 Å². The van der Waals surface area contributed by atoms with E-state index in [0.717, 1.165) is 64.2 Å². The van der Waals surface area contributed by atoms with Gasteiger partial charge < -0.3 is 9.84 Å². The number of methoxy groups -OCH3 is 1. The SMILES string of the molecule is CCCCCC(=O)CC(O)CCCCCCCCC(=O)OC. The van der Waals surface area contributed by atoms with Crippen LogP contribution in [0.15, 0.2) is 0 Å². The normalized spacial score (nSPS) is 12.1. The standard InChI is InChI=1S/C18H34O4/c1-3-4-9-12-16(19)15-17(20)13-10-7-5-6-8-11-14-18(21)22-2/h17,20H,3-15H2,1-2H3. The van der Waals surface area contributed by atoms with Crippen molar-refractivity contribution in [3.8, 4) is 0 Å². The van der Waals surface area contributed by atoms with Crippen molar-refractivity contribution < 1.29 is 19.4 Å². The van der Waals surface area contributed by atoms with Crippen LogP contribution < -0.4 is 0 Å². The van der Waals surface area contributed by atoms with Crippen molar-refractivity contribution in [2.24, 2.45) is 0 Å². The van der Waals surface area contributed by atoms with Crippen LogP contribution in [0.1, 0.15) is 90.4 Å². The predicted molar refractivity (Wildman–Crippen MR) is 88.7 cm³/mol. The molecule has 0 fully saturated rings. The Morgan fingerprint density at radius 1 is 0.909 bits per heavy atom. The first kappa shape index (κ1) is 21.1. The van der Waals surface area contributed by atoms with Gasteiger partial charge in [0, 0.05) is 19.3 Å². The molecule has 1 unspecified atom stereocenters. The molecular weight excluding hydrogens is 280 g/mol. The lowest BCUT2D eigenvalue weighted by Gasteiger charge is -2.09. The minimum Gasteiger partial charge on any atom is -0.469 e. The van der Waals surface area contributed by atoms with Crippen molar-refractivity contribution in [2.45, 2.75) is 96.5 Å². The molecule has 0 heterocycles. The van der Waals surface area contributed by atoms with Crippen LogP contribution in [-0.4, -0.2) is 30.1 Å². The third-order valence-corrected chi connectivity index (χ3v) is 3.92. The Balaban J connectivity index is 3.36. The molecule has 0 aliphatic rings. The number of ketones is 1. The molecule has 1 N–H and O–H groups in total. The lowest BCUT2D eigenvalue weighted by Crippen LogP contribution is -2.13. The maximum Gasteiger partial charge on any atom is 0.305 e. The van der Waals surface area contributed by atoms with Crippen molar-refractivity contribution in [3.05, 3.63) is 0 Å². The first-order valence-corrected chi connectivity index (χ1v) is 8.86. The Morgan fingerprint density at radius 2 is 1.50 bits per heavy atom. The van der Waals surface area contributed by atoms with E-state index in [1.807, 2.05) is 0 Å². The predicted octanol–water partition coefficient (Wildman–Crippen LogP) is 4.18. The smallest absolute Gasteiger partial charge is 0.305 e. The molecule has 0 aromatic carbocycles. The van der Waals surface area contributed by atoms with E-state index in [1.165, 1.54) is 7.11 Å². The summed E-state index contributed by atoms with van der Waals surface area (Å²) in [5.41, 5.74) is 0. The van der Waals surface area contributed by atoms with Crippen LogP contribution in [0.2, 0.25) is 0 Å². The Morgan fingerprint density at radius 3 is 2.14 bits per heavy atom. The maximum absolute atomic E-state index is 11.6. The largest absolute Gasteiger partial charge is 0.469 e. The Labute approximate surface area is 135 Å². The second-order valence-corrected chi connectivity index (χ2v) is 6.09. The van der Waals surface area contributed by atoms with Crippen molar-refractivity contribution in [2.75, 3.05) is 7.11 Å². The molecule has 22 heavy (non-hydrogen) atoms. The molecular formula is C18H34O4. The number of esters is 1. The van der Waals surface area contributed by atoms with Gasteiger partial charge in [0.2, 0.25) is 0 Å². The van der Waals surface area contributed by atoms with Gasteiger partial charge in [-0.3, -0.25) is 9.59 Å². The first-order chi connectivity index (χ1) is 10.6. The molecule has 0 aromatic heterocycles. The highest BCUT2D eigenvalue weighted by Crippen LogP contribution is 2.12. The van der Waals surface area contributed by atoms with Gasteiger partial charge in [0.15, 0.2) is 0 Å². The fourth-order valence-electron chi connectivity index (χ4n) is 2.50. The van der Waals surface area contributed by atoms with Gasteiger partial charge in [-0.1, -0.05) is 51.9 Å². The van der Waals surface area contributed by atoms with Gasteiger partial charge in [-0.25, -0.2) is 0 Å². The minimum absolute atomic E-state index is 0.133. The van der Waals surface area contributed by atoms with Gasteiger partial charge in [-0.2, -0.15) is 0 Å². The summed E-state index contributed by atoms with van der Waals surface area (Å²) in [4.78, 5) is 22.5. The number of carbonyl (C=O) groups excluding carboxylic acids is 2. The van der Waals surface area contributed by atoms with Gasteiger partial charge in [-0.05, 0) is 19.3 Å². The number of ether oxygens (including phenoxy) is 1. The molecule has 0 aliphatic heterocycles. The molecule has 0 spiro atoms. The van der Waals surface area contributed by atoms with Gasteiger partial charge in [0.25, 0.3) is 0 Å². The van der Waals surface area contributed by atoms with Crippen LogP contribution in [0.4, 0.5) is 0 Å². The zero-order valence-corrected chi connectivity index (χ0v) is 14.4. The molecule has 0 saturated carbocycles. The van der Waals surface area contributed by atoms with Crippen LogP contribution in [-0.2, 0) is 14.3 Å². The maximum atomic E-state index is 11.6. The number of unbranched alkanes of at least 4 members (excludes halogenated alkanes) is 7. The molecule has 4 nitrogen and oxygen atoms in total. The lowest BCUT2D eigenvalue weighted by molar-refractivity contribution is -0.140. The van der Waals surface area contributed by atoms with Crippen molar-refractivity contribution >= 4 is 11.8 Å². The molecule has 0 radical (unpaired) electrons. The van der Waals surface area contributed by atoms with Gasteiger partial charge in [0.05, 0.1) is 13.2 Å². The lowest BCUT2D eigenvalue weighted by atomic mass is 10.0. The fourth-order valence-corrected chi connectivity index (χ4v) is 2.50. The summed E-state index contributed by atoms with van der Waals surface area (Å²) in [5.74, 6) is 0.0653. The van der Waals surface area contributed by atoms with E-state index in [9.17, 15) is 14.7 Å². The second-order valence-electron chi connectivity index (χ2n) is 6.09. The highest BCUT2D eigenvalue weighted by atomic mass is 16.5. The van der Waals surface area contributed by atoms with Gasteiger partial charge in [0.1, 0.15) is 5.78 Å². The summed E-state index contributed by atoms with van der Waals surface area (Å²) in [5, 5.41) is 9.83. The van der Waals surface area contributed by atoms with Crippen LogP contribution in [0.3, 0.4) is 0 Å². The molecule has 0 bridgehead atoms. The fraction of sp³-hybridized carbons (Fsp3) is 0.889. The monoisotopic (exact) mass is 314 g/mol. The van der Waals surface area contributed by atoms with E-state index in [0.29, 0.717) is 19.3 Å². The van der Waals surface area contributed by atoms with E-state index >= 15 is 0 Å². The van der Waals surface area contributed by atoms with E-state index in [2.05, 4.69) is 11.7 Å². The Bertz CT molecular complexity index is 289. The molecule has 0 saturated heterocycles. The van der Waals surface area contributed by atoms with E-state index in [1.54, 1.807) is 0 Å². The number of hydrogen-bond acceptors (Lipinski definition) is 4. The zero-order valence-electron chi connectivity index (χ0n) is 14.4. The van der Waals surface area contributed by atoms with Crippen LogP contribution >= 0.6 is 0 Å². The van der Waals surface area contributed by atoms with Crippen molar-refractivity contribution in [1.82, 2.24) is 0 Å². The average molecular weight is 314 g/mol. The van der Waals surface area contributed by atoms with Gasteiger partial charge in [-0.15, -0.1) is 0 Å². The highest BCUT2D eigenvalue weighted by Gasteiger charge is 2.10. The molecule has 0 rings (SSSR count). The van der Waals surface area contributed by atoms with Crippen LogP contribution in [0.25, 0.3) is 0 Å². The van der Waals surface area contributed by atoms with Gasteiger partial charge >= 0.3 is 5.97 Å². The highest BCUT2D eigenvalue weighted by molar-refractivity contribution is 5.78. The molecule has 0 aliphatic carbocycles. The third-order valence-electron chi connectivity index (χ3n) is 3.92. The summed E-state index contributed by atoms with van der Waals surface area (Å²) < 4.78 is 4.59. The van der Waals surface area contributed by atoms with Crippen LogP contribution in [0.5, 0.6) is 0 Å². The summed E-state index contributed by atoms with van der Waals surface area (Å²) in [6.45, 7) is 2.12. The quantitative estimate of drug-likeness (QED) is 0.364.